The fourth-order valence-corrected chi connectivity index (χ4v) is 4.22. The van der Waals surface area contributed by atoms with Crippen LogP contribution >= 0.6 is 0 Å². The number of nitrogens with one attached hydrogen (secondary N) is 2. The van der Waals surface area contributed by atoms with Gasteiger partial charge in [0, 0.05) is 25.2 Å². The molecule has 1 aliphatic heterocycles. The van der Waals surface area contributed by atoms with Crippen LogP contribution < -0.4 is 10.6 Å². The smallest absolute Gasteiger partial charge is 0.251 e. The summed E-state index contributed by atoms with van der Waals surface area (Å²) >= 11 is 0. The average Bonchev–Trinajstić information content (AvgIpc) is 2.69. The number of rotatable bonds is 6. The number of carbonyl (C=O) groups excluding carboxylic acids is 2. The Morgan fingerprint density at radius 3 is 2.43 bits per heavy atom. The molecule has 0 radical (unpaired) electrons. The second kappa shape index (κ2) is 8.49. The molecule has 9 heteroatoms. The molecular formula is C19H20FN3O4S. The van der Waals surface area contributed by atoms with E-state index in [1.54, 1.807) is 12.1 Å². The van der Waals surface area contributed by atoms with E-state index >= 15 is 0 Å². The molecule has 0 aliphatic carbocycles. The van der Waals surface area contributed by atoms with Crippen molar-refractivity contribution >= 4 is 21.8 Å². The summed E-state index contributed by atoms with van der Waals surface area (Å²) < 4.78 is 39.2. The molecule has 28 heavy (non-hydrogen) atoms. The number of benzene rings is 2. The summed E-state index contributed by atoms with van der Waals surface area (Å²) in [6, 6.07) is 11.6. The monoisotopic (exact) mass is 405 g/mol. The van der Waals surface area contributed by atoms with Crippen molar-refractivity contribution in [2.75, 3.05) is 26.2 Å². The molecule has 0 bridgehead atoms. The molecular weight excluding hydrogens is 385 g/mol. The lowest BCUT2D eigenvalue weighted by molar-refractivity contribution is -0.122. The number of nitrogens with zero attached hydrogens (tertiary/aromatic N) is 1. The van der Waals surface area contributed by atoms with E-state index in [1.807, 2.05) is 0 Å². The van der Waals surface area contributed by atoms with Crippen LogP contribution in [0.5, 0.6) is 0 Å². The highest BCUT2D eigenvalue weighted by Gasteiger charge is 2.29. The second-order valence-corrected chi connectivity index (χ2v) is 8.28. The third-order valence-electron chi connectivity index (χ3n) is 4.37. The standard InChI is InChI=1S/C19H20FN3O4S/c20-16-5-1-14(2-6-16)9-10-22-19(25)15-3-7-17(8-4-15)28(26,27)23-12-11-21-18(24)13-23/h1-8H,9-13H2,(H,21,24)(H,22,25). The van der Waals surface area contributed by atoms with Gasteiger partial charge in [-0.2, -0.15) is 4.31 Å². The van der Waals surface area contributed by atoms with Gasteiger partial charge in [-0.15, -0.1) is 0 Å². The number of halogens is 1. The molecule has 0 atom stereocenters. The van der Waals surface area contributed by atoms with Gasteiger partial charge in [-0.25, -0.2) is 12.8 Å². The molecule has 1 aliphatic rings. The van der Waals surface area contributed by atoms with Gasteiger partial charge in [0.1, 0.15) is 5.82 Å². The molecule has 1 fully saturated rings. The van der Waals surface area contributed by atoms with E-state index in [0.717, 1.165) is 9.87 Å². The predicted molar refractivity (Wildman–Crippen MR) is 101 cm³/mol. The van der Waals surface area contributed by atoms with E-state index in [4.69, 9.17) is 0 Å². The van der Waals surface area contributed by atoms with E-state index in [9.17, 15) is 22.4 Å². The van der Waals surface area contributed by atoms with Gasteiger partial charge in [0.15, 0.2) is 0 Å². The van der Waals surface area contributed by atoms with Crippen LogP contribution in [0.3, 0.4) is 0 Å². The SMILES string of the molecule is O=C1CN(S(=O)(=O)c2ccc(C(=O)NCCc3ccc(F)cc3)cc2)CCN1. The molecule has 1 heterocycles. The van der Waals surface area contributed by atoms with Gasteiger partial charge in [0.2, 0.25) is 15.9 Å². The summed E-state index contributed by atoms with van der Waals surface area (Å²) in [6.07, 6.45) is 0.551. The lowest BCUT2D eigenvalue weighted by atomic mass is 10.1. The number of hydrogen-bond donors (Lipinski definition) is 2. The summed E-state index contributed by atoms with van der Waals surface area (Å²) in [5, 5.41) is 5.32. The van der Waals surface area contributed by atoms with Crippen molar-refractivity contribution in [3.63, 3.8) is 0 Å². The van der Waals surface area contributed by atoms with Crippen molar-refractivity contribution in [2.45, 2.75) is 11.3 Å². The maximum Gasteiger partial charge on any atom is 0.251 e. The molecule has 0 saturated carbocycles. The maximum absolute atomic E-state index is 12.9. The highest BCUT2D eigenvalue weighted by molar-refractivity contribution is 7.89. The molecule has 148 valence electrons. The number of amides is 2. The lowest BCUT2D eigenvalue weighted by Crippen LogP contribution is -2.49. The van der Waals surface area contributed by atoms with Crippen LogP contribution in [0, 0.1) is 5.82 Å². The number of piperazine rings is 1. The van der Waals surface area contributed by atoms with Crippen LogP contribution in [-0.4, -0.2) is 50.7 Å². The van der Waals surface area contributed by atoms with Gasteiger partial charge in [-0.1, -0.05) is 12.1 Å². The molecule has 2 aromatic carbocycles. The number of carbonyl (C=O) groups is 2. The first kappa shape index (κ1) is 20.0. The molecule has 0 spiro atoms. The number of hydrogen-bond acceptors (Lipinski definition) is 4. The van der Waals surface area contributed by atoms with Crippen LogP contribution in [0.25, 0.3) is 0 Å². The topological polar surface area (TPSA) is 95.6 Å². The molecule has 0 aromatic heterocycles. The van der Waals surface area contributed by atoms with Crippen LogP contribution in [0.15, 0.2) is 53.4 Å². The van der Waals surface area contributed by atoms with Crippen LogP contribution in [-0.2, 0) is 21.2 Å². The third kappa shape index (κ3) is 4.73. The fourth-order valence-electron chi connectivity index (χ4n) is 2.82. The maximum atomic E-state index is 12.9. The highest BCUT2D eigenvalue weighted by Crippen LogP contribution is 2.17. The first-order valence-electron chi connectivity index (χ1n) is 8.76. The minimum Gasteiger partial charge on any atom is -0.354 e. The predicted octanol–water partition coefficient (Wildman–Crippen LogP) is 0.919. The largest absolute Gasteiger partial charge is 0.354 e. The molecule has 0 unspecified atom stereocenters. The summed E-state index contributed by atoms with van der Waals surface area (Å²) in [6.45, 7) is 0.633. The zero-order chi connectivity index (χ0) is 20.1. The second-order valence-electron chi connectivity index (χ2n) is 6.35. The molecule has 2 N–H and O–H groups in total. The van der Waals surface area contributed by atoms with Gasteiger partial charge >= 0.3 is 0 Å². The van der Waals surface area contributed by atoms with Crippen molar-refractivity contribution in [3.05, 3.63) is 65.5 Å². The van der Waals surface area contributed by atoms with Gasteiger partial charge in [-0.05, 0) is 48.4 Å². The van der Waals surface area contributed by atoms with Crippen molar-refractivity contribution in [1.29, 1.82) is 0 Å². The van der Waals surface area contributed by atoms with E-state index in [-0.39, 0.29) is 42.2 Å². The fraction of sp³-hybridized carbons (Fsp3) is 0.263. The van der Waals surface area contributed by atoms with E-state index in [0.29, 0.717) is 18.5 Å². The Morgan fingerprint density at radius 1 is 1.11 bits per heavy atom. The summed E-state index contributed by atoms with van der Waals surface area (Å²) in [5.41, 5.74) is 1.23. The van der Waals surface area contributed by atoms with Gasteiger partial charge in [-0.3, -0.25) is 9.59 Å². The average molecular weight is 405 g/mol. The molecule has 2 aromatic rings. The van der Waals surface area contributed by atoms with E-state index in [1.165, 1.54) is 36.4 Å². The van der Waals surface area contributed by atoms with Crippen LogP contribution in [0.2, 0.25) is 0 Å². The van der Waals surface area contributed by atoms with Crippen molar-refractivity contribution in [3.8, 4) is 0 Å². The summed E-state index contributed by atoms with van der Waals surface area (Å²) in [5.74, 6) is -0.983. The minimum atomic E-state index is -3.78. The minimum absolute atomic E-state index is 0.0325. The number of sulfonamides is 1. The third-order valence-corrected chi connectivity index (χ3v) is 6.23. The van der Waals surface area contributed by atoms with Crippen molar-refractivity contribution in [1.82, 2.24) is 14.9 Å². The normalized spacial score (nSPS) is 15.1. The molecule has 2 amide bonds. The van der Waals surface area contributed by atoms with Crippen molar-refractivity contribution < 1.29 is 22.4 Å². The van der Waals surface area contributed by atoms with Gasteiger partial charge in [0.25, 0.3) is 5.91 Å². The first-order valence-corrected chi connectivity index (χ1v) is 10.2. The van der Waals surface area contributed by atoms with E-state index in [2.05, 4.69) is 10.6 Å². The highest BCUT2D eigenvalue weighted by atomic mass is 32.2. The molecule has 1 saturated heterocycles. The van der Waals surface area contributed by atoms with Crippen molar-refractivity contribution in [2.24, 2.45) is 0 Å². The Kier molecular flexibility index (Phi) is 6.05. The Hall–Kier alpha value is -2.78. The Bertz CT molecular complexity index is 960. The van der Waals surface area contributed by atoms with Gasteiger partial charge < -0.3 is 10.6 Å². The molecule has 3 rings (SSSR count). The zero-order valence-electron chi connectivity index (χ0n) is 15.0. The lowest BCUT2D eigenvalue weighted by Gasteiger charge is -2.25. The quantitative estimate of drug-likeness (QED) is 0.747. The Labute approximate surface area is 162 Å². The summed E-state index contributed by atoms with van der Waals surface area (Å²) in [4.78, 5) is 23.7. The first-order chi connectivity index (χ1) is 13.4. The van der Waals surface area contributed by atoms with Gasteiger partial charge in [0.05, 0.1) is 11.4 Å². The molecule has 7 nitrogen and oxygen atoms in total. The Balaban J connectivity index is 1.59. The van der Waals surface area contributed by atoms with E-state index < -0.39 is 10.0 Å². The Morgan fingerprint density at radius 2 is 1.79 bits per heavy atom. The zero-order valence-corrected chi connectivity index (χ0v) is 15.8. The summed E-state index contributed by atoms with van der Waals surface area (Å²) in [7, 11) is -3.78. The van der Waals surface area contributed by atoms with Crippen LogP contribution in [0.1, 0.15) is 15.9 Å². The van der Waals surface area contributed by atoms with Crippen LogP contribution in [0.4, 0.5) is 4.39 Å².